The predicted octanol–water partition coefficient (Wildman–Crippen LogP) is 3.18. The zero-order valence-electron chi connectivity index (χ0n) is 9.78. The van der Waals surface area contributed by atoms with E-state index in [1.165, 1.54) is 16.7 Å². The van der Waals surface area contributed by atoms with Gasteiger partial charge in [0, 0.05) is 18.8 Å². The fourth-order valence-electron chi connectivity index (χ4n) is 1.75. The predicted molar refractivity (Wildman–Crippen MR) is 65.0 cm³/mol. The van der Waals surface area contributed by atoms with Crippen molar-refractivity contribution in [3.8, 4) is 17.2 Å². The first kappa shape index (κ1) is 10.5. The zero-order chi connectivity index (χ0) is 11.7. The van der Waals surface area contributed by atoms with Gasteiger partial charge >= 0.3 is 0 Å². The quantitative estimate of drug-likeness (QED) is 0.710. The molecule has 0 N–H and O–H groups in total. The van der Waals surface area contributed by atoms with E-state index in [9.17, 15) is 0 Å². The molecule has 0 saturated carbocycles. The Labute approximate surface area is 95.8 Å². The van der Waals surface area contributed by atoms with Crippen molar-refractivity contribution < 1.29 is 0 Å². The fraction of sp³-hybridized carbons (Fsp3) is 0.214. The Morgan fingerprint density at radius 2 is 1.81 bits per heavy atom. The van der Waals surface area contributed by atoms with Gasteiger partial charge in [-0.25, -0.2) is 0 Å². The van der Waals surface area contributed by atoms with Crippen molar-refractivity contribution in [1.82, 2.24) is 4.57 Å². The third kappa shape index (κ3) is 1.72. The molecule has 2 aromatic rings. The van der Waals surface area contributed by atoms with Crippen molar-refractivity contribution >= 4 is 0 Å². The van der Waals surface area contributed by atoms with Crippen molar-refractivity contribution in [2.45, 2.75) is 13.8 Å². The molecule has 1 aromatic carbocycles. The summed E-state index contributed by atoms with van der Waals surface area (Å²) in [7, 11) is 1.89. The molecule has 2 nitrogen and oxygen atoms in total. The van der Waals surface area contributed by atoms with Crippen LogP contribution in [0, 0.1) is 25.2 Å². The zero-order valence-corrected chi connectivity index (χ0v) is 9.78. The van der Waals surface area contributed by atoms with Crippen LogP contribution in [0.3, 0.4) is 0 Å². The van der Waals surface area contributed by atoms with Crippen LogP contribution in [0.25, 0.3) is 11.1 Å². The highest BCUT2D eigenvalue weighted by atomic mass is 14.9. The van der Waals surface area contributed by atoms with Gasteiger partial charge in [-0.1, -0.05) is 18.2 Å². The second kappa shape index (κ2) is 3.86. The summed E-state index contributed by atoms with van der Waals surface area (Å²) in [6.07, 6.45) is 1.99. The van der Waals surface area contributed by atoms with E-state index in [-0.39, 0.29) is 0 Å². The molecular weight excluding hydrogens is 196 g/mol. The average molecular weight is 210 g/mol. The van der Waals surface area contributed by atoms with Gasteiger partial charge in [0.25, 0.3) is 0 Å². The summed E-state index contributed by atoms with van der Waals surface area (Å²) < 4.78 is 1.85. The second-order valence-electron chi connectivity index (χ2n) is 4.14. The number of rotatable bonds is 1. The molecule has 0 aliphatic heterocycles. The number of nitriles is 1. The molecule has 0 amide bonds. The molecule has 0 fully saturated rings. The van der Waals surface area contributed by atoms with Crippen LogP contribution in [0.2, 0.25) is 0 Å². The first-order chi connectivity index (χ1) is 7.61. The van der Waals surface area contributed by atoms with Crippen LogP contribution in [0.1, 0.15) is 16.8 Å². The first-order valence-electron chi connectivity index (χ1n) is 5.26. The smallest absolute Gasteiger partial charge is 0.120 e. The van der Waals surface area contributed by atoms with Gasteiger partial charge in [0.05, 0.1) is 0 Å². The van der Waals surface area contributed by atoms with Crippen molar-refractivity contribution in [3.05, 3.63) is 47.3 Å². The lowest BCUT2D eigenvalue weighted by Gasteiger charge is -2.02. The van der Waals surface area contributed by atoms with Gasteiger partial charge in [-0.3, -0.25) is 0 Å². The van der Waals surface area contributed by atoms with Crippen LogP contribution in [0.4, 0.5) is 0 Å². The van der Waals surface area contributed by atoms with Gasteiger partial charge in [-0.05, 0) is 36.6 Å². The molecule has 1 aromatic heterocycles. The van der Waals surface area contributed by atoms with Crippen LogP contribution in [-0.2, 0) is 7.05 Å². The molecule has 0 aliphatic carbocycles. The van der Waals surface area contributed by atoms with Gasteiger partial charge < -0.3 is 4.57 Å². The number of benzene rings is 1. The van der Waals surface area contributed by atoms with E-state index in [4.69, 9.17) is 5.26 Å². The molecule has 1 heterocycles. The number of aryl methyl sites for hydroxylation is 3. The van der Waals surface area contributed by atoms with Gasteiger partial charge in [-0.15, -0.1) is 0 Å². The molecule has 0 bridgehead atoms. The third-order valence-electron chi connectivity index (χ3n) is 2.96. The lowest BCUT2D eigenvalue weighted by atomic mass is 10.0. The maximum Gasteiger partial charge on any atom is 0.120 e. The van der Waals surface area contributed by atoms with E-state index >= 15 is 0 Å². The Bertz CT molecular complexity index is 571. The highest BCUT2D eigenvalue weighted by Crippen LogP contribution is 2.23. The minimum absolute atomic E-state index is 0.688. The van der Waals surface area contributed by atoms with E-state index in [1.54, 1.807) is 0 Å². The van der Waals surface area contributed by atoms with E-state index in [2.05, 4.69) is 38.1 Å². The maximum atomic E-state index is 8.91. The lowest BCUT2D eigenvalue weighted by Crippen LogP contribution is -1.87. The van der Waals surface area contributed by atoms with Crippen molar-refractivity contribution in [2.24, 2.45) is 7.05 Å². The molecule has 0 spiro atoms. The summed E-state index contributed by atoms with van der Waals surface area (Å²) in [4.78, 5) is 0. The van der Waals surface area contributed by atoms with Gasteiger partial charge in [0.15, 0.2) is 0 Å². The number of aromatic nitrogens is 1. The molecular formula is C14H14N2. The van der Waals surface area contributed by atoms with Crippen LogP contribution >= 0.6 is 0 Å². The van der Waals surface area contributed by atoms with E-state index in [0.717, 1.165) is 5.56 Å². The van der Waals surface area contributed by atoms with Crippen molar-refractivity contribution in [1.29, 1.82) is 5.26 Å². The molecule has 2 heteroatoms. The Balaban J connectivity index is 2.51. The van der Waals surface area contributed by atoms with Gasteiger partial charge in [0.2, 0.25) is 0 Å². The molecule has 0 aliphatic rings. The first-order valence-corrected chi connectivity index (χ1v) is 5.26. The largest absolute Gasteiger partial charge is 0.342 e. The van der Waals surface area contributed by atoms with E-state index < -0.39 is 0 Å². The van der Waals surface area contributed by atoms with Crippen LogP contribution in [0.5, 0.6) is 0 Å². The summed E-state index contributed by atoms with van der Waals surface area (Å²) in [6.45, 7) is 4.21. The fourth-order valence-corrected chi connectivity index (χ4v) is 1.75. The molecule has 0 saturated heterocycles. The monoisotopic (exact) mass is 210 g/mol. The number of hydrogen-bond donors (Lipinski definition) is 0. The summed E-state index contributed by atoms with van der Waals surface area (Å²) in [5.41, 5.74) is 5.52. The Morgan fingerprint density at radius 3 is 2.38 bits per heavy atom. The summed E-state index contributed by atoms with van der Waals surface area (Å²) in [5, 5.41) is 8.91. The Kier molecular flexibility index (Phi) is 2.54. The van der Waals surface area contributed by atoms with Crippen LogP contribution < -0.4 is 0 Å². The number of nitrogens with zero attached hydrogens (tertiary/aromatic N) is 2. The SMILES string of the molecule is Cc1ccc(-c2cc(C#N)n(C)c2)cc1C. The summed E-state index contributed by atoms with van der Waals surface area (Å²) >= 11 is 0. The normalized spacial score (nSPS) is 10.1. The average Bonchev–Trinajstić information content (AvgIpc) is 2.64. The molecule has 2 rings (SSSR count). The summed E-state index contributed by atoms with van der Waals surface area (Å²) in [5.74, 6) is 0. The highest BCUT2D eigenvalue weighted by Gasteiger charge is 2.05. The van der Waals surface area contributed by atoms with Crippen LogP contribution in [-0.4, -0.2) is 4.57 Å². The van der Waals surface area contributed by atoms with E-state index in [1.807, 2.05) is 23.9 Å². The third-order valence-corrected chi connectivity index (χ3v) is 2.96. The Hall–Kier alpha value is -2.01. The highest BCUT2D eigenvalue weighted by molar-refractivity contribution is 5.66. The molecule has 0 atom stereocenters. The van der Waals surface area contributed by atoms with Crippen molar-refractivity contribution in [2.75, 3.05) is 0 Å². The number of hydrogen-bond acceptors (Lipinski definition) is 1. The Morgan fingerprint density at radius 1 is 1.06 bits per heavy atom. The van der Waals surface area contributed by atoms with Gasteiger partial charge in [0.1, 0.15) is 11.8 Å². The standard InChI is InChI=1S/C14H14N2/c1-10-4-5-12(6-11(10)2)13-7-14(8-15)16(3)9-13/h4-7,9H,1-3H3. The second-order valence-corrected chi connectivity index (χ2v) is 4.14. The van der Waals surface area contributed by atoms with Crippen molar-refractivity contribution in [3.63, 3.8) is 0 Å². The molecule has 0 unspecified atom stereocenters. The maximum absolute atomic E-state index is 8.91. The van der Waals surface area contributed by atoms with Gasteiger partial charge in [-0.2, -0.15) is 5.26 Å². The molecule has 0 radical (unpaired) electrons. The minimum atomic E-state index is 0.688. The molecule has 80 valence electrons. The lowest BCUT2D eigenvalue weighted by molar-refractivity contribution is 0.909. The topological polar surface area (TPSA) is 28.7 Å². The molecule has 16 heavy (non-hydrogen) atoms. The van der Waals surface area contributed by atoms with Crippen LogP contribution in [0.15, 0.2) is 30.5 Å². The summed E-state index contributed by atoms with van der Waals surface area (Å²) in [6, 6.07) is 10.5. The minimum Gasteiger partial charge on any atom is -0.342 e. The van der Waals surface area contributed by atoms with E-state index in [0.29, 0.717) is 5.69 Å².